The van der Waals surface area contributed by atoms with Gasteiger partial charge in [-0.05, 0) is 31.2 Å². The Labute approximate surface area is 160 Å². The predicted molar refractivity (Wildman–Crippen MR) is 104 cm³/mol. The van der Waals surface area contributed by atoms with Crippen LogP contribution in [0.15, 0.2) is 35.7 Å². The molecule has 0 saturated heterocycles. The van der Waals surface area contributed by atoms with E-state index < -0.39 is 0 Å². The summed E-state index contributed by atoms with van der Waals surface area (Å²) in [7, 11) is 1.41. The monoisotopic (exact) mass is 384 g/mol. The molecular weight excluding hydrogens is 364 g/mol. The summed E-state index contributed by atoms with van der Waals surface area (Å²) in [5.74, 6) is 0.935. The number of nitrogens with two attached hydrogens (primary N) is 1. The van der Waals surface area contributed by atoms with Crippen molar-refractivity contribution in [3.8, 4) is 11.6 Å². The van der Waals surface area contributed by atoms with E-state index in [4.69, 9.17) is 15.6 Å². The highest BCUT2D eigenvalue weighted by Gasteiger charge is 2.14. The molecule has 2 heterocycles. The largest absolute Gasteiger partial charge is 0.438 e. The molecule has 0 fully saturated rings. The summed E-state index contributed by atoms with van der Waals surface area (Å²) in [5.41, 5.74) is 7.71. The summed E-state index contributed by atoms with van der Waals surface area (Å²) in [6.45, 7) is 1.88. The number of aliphatic hydroxyl groups excluding tert-OH is 1. The smallest absolute Gasteiger partial charge is 0.326 e. The van der Waals surface area contributed by atoms with Crippen molar-refractivity contribution in [2.24, 2.45) is 5.16 Å². The molecule has 0 aliphatic heterocycles. The number of fused-ring (bicyclic) bond motifs is 1. The number of hydrogen-bond donors (Lipinski definition) is 3. The van der Waals surface area contributed by atoms with Gasteiger partial charge in [0.15, 0.2) is 0 Å². The molecule has 0 saturated carbocycles. The highest BCUT2D eigenvalue weighted by atomic mass is 16.6. The fourth-order valence-electron chi connectivity index (χ4n) is 2.72. The SMILES string of the molecule is CO/N=C/c1c(N)ncnc1Oc1ccc2c(c1)cc(C)n2C(=O)NCCO. The minimum absolute atomic E-state index is 0.126. The third kappa shape index (κ3) is 3.86. The molecule has 0 bridgehead atoms. The fraction of sp³-hybridized carbons (Fsp3) is 0.222. The molecule has 28 heavy (non-hydrogen) atoms. The third-order valence-electron chi connectivity index (χ3n) is 3.93. The van der Waals surface area contributed by atoms with E-state index in [9.17, 15) is 4.79 Å². The molecule has 0 atom stereocenters. The van der Waals surface area contributed by atoms with Gasteiger partial charge in [-0.1, -0.05) is 5.16 Å². The second kappa shape index (κ2) is 8.35. The lowest BCUT2D eigenvalue weighted by molar-refractivity contribution is 0.215. The fourth-order valence-corrected chi connectivity index (χ4v) is 2.72. The van der Waals surface area contributed by atoms with Gasteiger partial charge >= 0.3 is 6.03 Å². The molecule has 1 aromatic carbocycles. The summed E-state index contributed by atoms with van der Waals surface area (Å²) in [6, 6.07) is 6.82. The summed E-state index contributed by atoms with van der Waals surface area (Å²) in [4.78, 5) is 25.0. The molecule has 1 amide bonds. The first-order valence-corrected chi connectivity index (χ1v) is 8.41. The van der Waals surface area contributed by atoms with Gasteiger partial charge in [-0.15, -0.1) is 0 Å². The van der Waals surface area contributed by atoms with E-state index in [0.29, 0.717) is 16.8 Å². The normalized spacial score (nSPS) is 11.1. The van der Waals surface area contributed by atoms with Crippen LogP contribution in [0, 0.1) is 6.92 Å². The van der Waals surface area contributed by atoms with Gasteiger partial charge in [0, 0.05) is 17.6 Å². The van der Waals surface area contributed by atoms with Crippen molar-refractivity contribution in [3.63, 3.8) is 0 Å². The third-order valence-corrected chi connectivity index (χ3v) is 3.93. The number of nitrogens with one attached hydrogen (secondary N) is 1. The number of rotatable bonds is 6. The molecular formula is C18H20N6O4. The van der Waals surface area contributed by atoms with Crippen molar-refractivity contribution >= 4 is 29.0 Å². The van der Waals surface area contributed by atoms with Gasteiger partial charge < -0.3 is 25.7 Å². The molecule has 3 rings (SSSR count). The number of oxime groups is 1. The van der Waals surface area contributed by atoms with Crippen LogP contribution in [0.25, 0.3) is 10.9 Å². The lowest BCUT2D eigenvalue weighted by atomic mass is 10.2. The molecule has 10 nitrogen and oxygen atoms in total. The van der Waals surface area contributed by atoms with Crippen LogP contribution in [0.1, 0.15) is 11.3 Å². The number of nitrogens with zero attached hydrogens (tertiary/aromatic N) is 4. The van der Waals surface area contributed by atoms with E-state index in [1.165, 1.54) is 24.2 Å². The quantitative estimate of drug-likeness (QED) is 0.434. The number of hydrogen-bond acceptors (Lipinski definition) is 8. The Morgan fingerprint density at radius 2 is 2.21 bits per heavy atom. The Hall–Kier alpha value is -3.66. The number of amides is 1. The lowest BCUT2D eigenvalue weighted by Gasteiger charge is -2.10. The number of nitrogen functional groups attached to an aromatic ring is 1. The molecule has 3 aromatic rings. The van der Waals surface area contributed by atoms with Gasteiger partial charge in [0.25, 0.3) is 0 Å². The zero-order valence-corrected chi connectivity index (χ0v) is 15.4. The van der Waals surface area contributed by atoms with Crippen molar-refractivity contribution in [2.75, 3.05) is 26.0 Å². The number of aromatic nitrogens is 3. The second-order valence-corrected chi connectivity index (χ2v) is 5.79. The van der Waals surface area contributed by atoms with Gasteiger partial charge in [-0.3, -0.25) is 4.57 Å². The first-order chi connectivity index (χ1) is 13.5. The number of aryl methyl sites for hydroxylation is 1. The van der Waals surface area contributed by atoms with Gasteiger partial charge in [-0.25, -0.2) is 14.8 Å². The number of aliphatic hydroxyl groups is 1. The molecule has 0 radical (unpaired) electrons. The zero-order valence-electron chi connectivity index (χ0n) is 15.4. The predicted octanol–water partition coefficient (Wildman–Crippen LogP) is 1.64. The van der Waals surface area contributed by atoms with E-state index in [-0.39, 0.29) is 30.9 Å². The van der Waals surface area contributed by atoms with Crippen molar-refractivity contribution in [2.45, 2.75) is 6.92 Å². The van der Waals surface area contributed by atoms with Crippen molar-refractivity contribution < 1.29 is 19.5 Å². The van der Waals surface area contributed by atoms with Crippen LogP contribution in [-0.4, -0.2) is 52.1 Å². The molecule has 0 spiro atoms. The van der Waals surface area contributed by atoms with Gasteiger partial charge in [0.05, 0.1) is 18.3 Å². The van der Waals surface area contributed by atoms with Gasteiger partial charge in [0.2, 0.25) is 5.88 Å². The standard InChI is InChI=1S/C18H20N6O4/c1-11-7-12-8-13(3-4-15(12)24(11)18(26)20-5-6-25)28-17-14(9-23-27-2)16(19)21-10-22-17/h3-4,7-10,25H,5-6H2,1-2H3,(H,20,26)(H2,19,21,22)/b23-9+. The van der Waals surface area contributed by atoms with Crippen LogP contribution in [-0.2, 0) is 4.84 Å². The summed E-state index contributed by atoms with van der Waals surface area (Å²) in [5, 5.41) is 16.0. The number of carbonyl (C=O) groups is 1. The van der Waals surface area contributed by atoms with Crippen LogP contribution in [0.2, 0.25) is 0 Å². The molecule has 10 heteroatoms. The first-order valence-electron chi connectivity index (χ1n) is 8.41. The molecule has 4 N–H and O–H groups in total. The molecule has 146 valence electrons. The minimum atomic E-state index is -0.308. The molecule has 0 unspecified atom stereocenters. The van der Waals surface area contributed by atoms with Crippen LogP contribution < -0.4 is 15.8 Å². The van der Waals surface area contributed by atoms with E-state index in [0.717, 1.165) is 11.1 Å². The Bertz CT molecular complexity index is 1030. The highest BCUT2D eigenvalue weighted by molar-refractivity contribution is 5.93. The Kier molecular flexibility index (Phi) is 5.70. The minimum Gasteiger partial charge on any atom is -0.438 e. The number of ether oxygens (including phenoxy) is 1. The average Bonchev–Trinajstić information content (AvgIpc) is 3.00. The van der Waals surface area contributed by atoms with Crippen LogP contribution in [0.3, 0.4) is 0 Å². The molecule has 0 aliphatic rings. The lowest BCUT2D eigenvalue weighted by Crippen LogP contribution is -2.31. The number of anilines is 1. The van der Waals surface area contributed by atoms with Crippen molar-refractivity contribution in [1.82, 2.24) is 19.9 Å². The van der Waals surface area contributed by atoms with Gasteiger partial charge in [0.1, 0.15) is 30.6 Å². The maximum atomic E-state index is 12.3. The number of benzene rings is 1. The Morgan fingerprint density at radius 1 is 1.39 bits per heavy atom. The Balaban J connectivity index is 1.94. The molecule has 0 aliphatic carbocycles. The zero-order chi connectivity index (χ0) is 20.1. The van der Waals surface area contributed by atoms with E-state index in [1.54, 1.807) is 18.2 Å². The topological polar surface area (TPSA) is 137 Å². The second-order valence-electron chi connectivity index (χ2n) is 5.79. The summed E-state index contributed by atoms with van der Waals surface area (Å²) in [6.07, 6.45) is 2.66. The van der Waals surface area contributed by atoms with E-state index in [1.807, 2.05) is 13.0 Å². The average molecular weight is 384 g/mol. The van der Waals surface area contributed by atoms with Crippen LogP contribution in [0.5, 0.6) is 11.6 Å². The molecule has 2 aromatic heterocycles. The summed E-state index contributed by atoms with van der Waals surface area (Å²) >= 11 is 0. The summed E-state index contributed by atoms with van der Waals surface area (Å²) < 4.78 is 7.39. The van der Waals surface area contributed by atoms with E-state index in [2.05, 4.69) is 25.3 Å². The first kappa shape index (κ1) is 19.1. The maximum absolute atomic E-state index is 12.3. The van der Waals surface area contributed by atoms with Crippen molar-refractivity contribution in [1.29, 1.82) is 0 Å². The van der Waals surface area contributed by atoms with Crippen molar-refractivity contribution in [3.05, 3.63) is 41.9 Å². The maximum Gasteiger partial charge on any atom is 0.326 e. The van der Waals surface area contributed by atoms with Crippen LogP contribution >= 0.6 is 0 Å². The highest BCUT2D eigenvalue weighted by Crippen LogP contribution is 2.29. The Morgan fingerprint density at radius 3 is 2.96 bits per heavy atom. The van der Waals surface area contributed by atoms with E-state index >= 15 is 0 Å². The van der Waals surface area contributed by atoms with Crippen LogP contribution in [0.4, 0.5) is 10.6 Å². The van der Waals surface area contributed by atoms with Gasteiger partial charge in [-0.2, -0.15) is 0 Å². The number of carbonyl (C=O) groups excluding carboxylic acids is 1.